The molecular weight excluding hydrogens is 386 g/mol. The fourth-order valence-corrected chi connectivity index (χ4v) is 5.85. The zero-order valence-corrected chi connectivity index (χ0v) is 17.2. The second kappa shape index (κ2) is 8.32. The van der Waals surface area contributed by atoms with Crippen LogP contribution in [0.3, 0.4) is 0 Å². The van der Waals surface area contributed by atoms with Gasteiger partial charge in [0.1, 0.15) is 0 Å². The van der Waals surface area contributed by atoms with Gasteiger partial charge in [-0.15, -0.1) is 0 Å². The molecule has 3 rings (SSSR count). The molecule has 2 aliphatic heterocycles. The summed E-state index contributed by atoms with van der Waals surface area (Å²) in [5, 5.41) is 11.3. The van der Waals surface area contributed by atoms with E-state index < -0.39 is 14.9 Å². The first-order valence-electron chi connectivity index (χ1n) is 9.44. The van der Waals surface area contributed by atoms with Crippen molar-refractivity contribution in [3.05, 3.63) is 28.3 Å². The van der Waals surface area contributed by atoms with Crippen LogP contribution in [0.25, 0.3) is 0 Å². The van der Waals surface area contributed by atoms with Crippen molar-refractivity contribution >= 4 is 15.7 Å². The van der Waals surface area contributed by atoms with Crippen LogP contribution in [-0.2, 0) is 14.8 Å². The van der Waals surface area contributed by atoms with Crippen LogP contribution in [0.1, 0.15) is 26.7 Å². The number of ether oxygens (including phenoxy) is 2. The molecule has 9 nitrogen and oxygen atoms in total. The molecule has 2 heterocycles. The highest BCUT2D eigenvalue weighted by atomic mass is 32.2. The average Bonchev–Trinajstić information content (AvgIpc) is 3.09. The maximum atomic E-state index is 13.2. The normalized spacial score (nSPS) is 27.0. The van der Waals surface area contributed by atoms with E-state index in [1.54, 1.807) is 0 Å². The summed E-state index contributed by atoms with van der Waals surface area (Å²) in [7, 11) is -2.51. The smallest absolute Gasteiger partial charge is 0.312 e. The van der Waals surface area contributed by atoms with Gasteiger partial charge < -0.3 is 9.47 Å². The molecule has 0 bridgehead atoms. The van der Waals surface area contributed by atoms with E-state index in [2.05, 4.69) is 4.90 Å². The largest absolute Gasteiger partial charge is 0.490 e. The zero-order chi connectivity index (χ0) is 20.5. The monoisotopic (exact) mass is 413 g/mol. The van der Waals surface area contributed by atoms with Crippen LogP contribution in [0.4, 0.5) is 5.69 Å². The molecule has 2 fully saturated rings. The van der Waals surface area contributed by atoms with Crippen molar-refractivity contribution in [2.24, 2.45) is 0 Å². The number of nitro groups is 1. The van der Waals surface area contributed by atoms with Gasteiger partial charge in [0.2, 0.25) is 10.0 Å². The predicted molar refractivity (Wildman–Crippen MR) is 103 cm³/mol. The molecule has 2 aliphatic rings. The Morgan fingerprint density at radius 2 is 1.96 bits per heavy atom. The molecule has 10 heteroatoms. The highest BCUT2D eigenvalue weighted by Gasteiger charge is 2.38. The minimum Gasteiger partial charge on any atom is -0.490 e. The van der Waals surface area contributed by atoms with E-state index in [0.717, 1.165) is 32.0 Å². The Kier molecular flexibility index (Phi) is 6.23. The number of hydrogen-bond acceptors (Lipinski definition) is 7. The number of morpholine rings is 1. The van der Waals surface area contributed by atoms with Gasteiger partial charge in [-0.3, -0.25) is 15.0 Å². The number of methoxy groups -OCH3 is 1. The average molecular weight is 413 g/mol. The summed E-state index contributed by atoms with van der Waals surface area (Å²) in [5.74, 6) is 0.0400. The van der Waals surface area contributed by atoms with Crippen LogP contribution >= 0.6 is 0 Å². The summed E-state index contributed by atoms with van der Waals surface area (Å²) in [6.45, 7) is 6.62. The van der Waals surface area contributed by atoms with Crippen LogP contribution in [0, 0.1) is 10.1 Å². The first-order valence-corrected chi connectivity index (χ1v) is 10.9. The fourth-order valence-electron chi connectivity index (χ4n) is 4.15. The van der Waals surface area contributed by atoms with E-state index in [1.165, 1.54) is 23.5 Å². The molecule has 0 saturated carbocycles. The fraction of sp³-hybridized carbons (Fsp3) is 0.667. The quantitative estimate of drug-likeness (QED) is 0.518. The third-order valence-corrected chi connectivity index (χ3v) is 7.19. The van der Waals surface area contributed by atoms with Gasteiger partial charge >= 0.3 is 5.69 Å². The summed E-state index contributed by atoms with van der Waals surface area (Å²) in [5.41, 5.74) is -0.352. The number of nitro benzene ring substituents is 1. The van der Waals surface area contributed by atoms with Gasteiger partial charge in [0.05, 0.1) is 29.1 Å². The van der Waals surface area contributed by atoms with Crippen molar-refractivity contribution < 1.29 is 22.8 Å². The van der Waals surface area contributed by atoms with Gasteiger partial charge in [-0.25, -0.2) is 8.42 Å². The molecule has 0 aromatic heterocycles. The molecule has 0 spiro atoms. The van der Waals surface area contributed by atoms with Crippen LogP contribution in [0.2, 0.25) is 0 Å². The van der Waals surface area contributed by atoms with Crippen molar-refractivity contribution in [1.82, 2.24) is 9.21 Å². The topological polar surface area (TPSA) is 102 Å². The summed E-state index contributed by atoms with van der Waals surface area (Å²) < 4.78 is 38.6. The van der Waals surface area contributed by atoms with Gasteiger partial charge in [0.25, 0.3) is 0 Å². The maximum absolute atomic E-state index is 13.2. The third kappa shape index (κ3) is 4.29. The van der Waals surface area contributed by atoms with E-state index in [4.69, 9.17) is 9.47 Å². The van der Waals surface area contributed by atoms with Crippen LogP contribution in [0.5, 0.6) is 5.75 Å². The second-order valence-corrected chi connectivity index (χ2v) is 9.37. The highest BCUT2D eigenvalue weighted by molar-refractivity contribution is 7.89. The minimum absolute atomic E-state index is 0.0400. The lowest BCUT2D eigenvalue weighted by Gasteiger charge is -2.38. The van der Waals surface area contributed by atoms with Crippen LogP contribution < -0.4 is 4.74 Å². The molecule has 28 heavy (non-hydrogen) atoms. The van der Waals surface area contributed by atoms with Crippen LogP contribution in [0.15, 0.2) is 23.1 Å². The lowest BCUT2D eigenvalue weighted by atomic mass is 10.1. The Hall–Kier alpha value is -1.75. The van der Waals surface area contributed by atoms with E-state index in [9.17, 15) is 18.5 Å². The van der Waals surface area contributed by atoms with E-state index in [1.807, 2.05) is 13.8 Å². The molecule has 0 amide bonds. The molecule has 3 unspecified atom stereocenters. The molecule has 1 aromatic carbocycles. The molecule has 0 aliphatic carbocycles. The van der Waals surface area contributed by atoms with Gasteiger partial charge in [-0.2, -0.15) is 4.31 Å². The lowest BCUT2D eigenvalue weighted by Crippen LogP contribution is -2.50. The van der Waals surface area contributed by atoms with E-state index in [-0.39, 0.29) is 34.6 Å². The lowest BCUT2D eigenvalue weighted by molar-refractivity contribution is -0.386. The van der Waals surface area contributed by atoms with Crippen molar-refractivity contribution in [3.63, 3.8) is 0 Å². The van der Waals surface area contributed by atoms with Crippen LogP contribution in [-0.4, -0.2) is 74.1 Å². The summed E-state index contributed by atoms with van der Waals surface area (Å²) in [6, 6.07) is 3.64. The van der Waals surface area contributed by atoms with Gasteiger partial charge in [0, 0.05) is 38.3 Å². The zero-order valence-electron chi connectivity index (χ0n) is 16.4. The molecule has 2 saturated heterocycles. The Bertz CT molecular complexity index is 821. The minimum atomic E-state index is -3.83. The first-order chi connectivity index (χ1) is 13.2. The second-order valence-electron chi connectivity index (χ2n) is 7.48. The number of hydrogen-bond donors (Lipinski definition) is 0. The predicted octanol–water partition coefficient (Wildman–Crippen LogP) is 1.87. The third-order valence-electron chi connectivity index (χ3n) is 5.24. The SMILES string of the molecule is COc1ccc(S(=O)(=O)N2CCCC2CN2CC(C)OC(C)C2)cc1[N+](=O)[O-]. The Balaban J connectivity index is 1.82. The molecule has 3 atom stereocenters. The number of rotatable bonds is 6. The van der Waals surface area contributed by atoms with Crippen molar-refractivity contribution in [2.75, 3.05) is 33.3 Å². The number of benzene rings is 1. The highest BCUT2D eigenvalue weighted by Crippen LogP contribution is 2.33. The Morgan fingerprint density at radius 1 is 1.29 bits per heavy atom. The molecule has 0 N–H and O–H groups in total. The van der Waals surface area contributed by atoms with Gasteiger partial charge in [-0.1, -0.05) is 0 Å². The summed E-state index contributed by atoms with van der Waals surface area (Å²) >= 11 is 0. The van der Waals surface area contributed by atoms with Gasteiger partial charge in [0.15, 0.2) is 5.75 Å². The number of nitrogens with zero attached hydrogens (tertiary/aromatic N) is 3. The molecule has 1 aromatic rings. The first kappa shape index (κ1) is 21.0. The summed E-state index contributed by atoms with van der Waals surface area (Å²) in [6.07, 6.45) is 1.77. The molecule has 156 valence electrons. The van der Waals surface area contributed by atoms with E-state index in [0.29, 0.717) is 13.1 Å². The summed E-state index contributed by atoms with van der Waals surface area (Å²) in [4.78, 5) is 12.8. The Labute approximate surface area is 165 Å². The van der Waals surface area contributed by atoms with Crippen molar-refractivity contribution in [1.29, 1.82) is 0 Å². The molecular formula is C18H27N3O6S. The van der Waals surface area contributed by atoms with Crippen molar-refractivity contribution in [2.45, 2.75) is 49.8 Å². The van der Waals surface area contributed by atoms with E-state index >= 15 is 0 Å². The Morgan fingerprint density at radius 3 is 2.57 bits per heavy atom. The molecule has 0 radical (unpaired) electrons. The standard InChI is InChI=1S/C18H27N3O6S/c1-13-10-19(11-14(2)27-13)12-15-5-4-8-20(15)28(24,25)16-6-7-18(26-3)17(9-16)21(22)23/h6-7,9,13-15H,4-5,8,10-12H2,1-3H3. The number of sulfonamides is 1. The van der Waals surface area contributed by atoms with Gasteiger partial charge in [-0.05, 0) is 38.8 Å². The van der Waals surface area contributed by atoms with Crippen molar-refractivity contribution in [3.8, 4) is 5.75 Å². The maximum Gasteiger partial charge on any atom is 0.312 e.